The first kappa shape index (κ1) is 13.2. The number of furan rings is 1. The third-order valence-corrected chi connectivity index (χ3v) is 3.31. The number of fused-ring (bicyclic) bond motifs is 1. The molecule has 1 aromatic carbocycles. The summed E-state index contributed by atoms with van der Waals surface area (Å²) in [7, 11) is 0. The van der Waals surface area contributed by atoms with E-state index >= 15 is 0 Å². The number of nitrogens with zero attached hydrogens (tertiary/aromatic N) is 4. The van der Waals surface area contributed by atoms with Crippen LogP contribution in [0, 0.1) is 0 Å². The maximum Gasteiger partial charge on any atom is 0.292 e. The van der Waals surface area contributed by atoms with E-state index < -0.39 is 0 Å². The summed E-state index contributed by atoms with van der Waals surface area (Å²) in [4.78, 5) is 24.4. The smallest absolute Gasteiger partial charge is 0.292 e. The van der Waals surface area contributed by atoms with Gasteiger partial charge in [-0.1, -0.05) is 18.2 Å². The van der Waals surface area contributed by atoms with Crippen molar-refractivity contribution in [3.63, 3.8) is 0 Å². The Morgan fingerprint density at radius 1 is 1.17 bits per heavy atom. The van der Waals surface area contributed by atoms with Crippen molar-refractivity contribution in [1.82, 2.24) is 19.5 Å². The summed E-state index contributed by atoms with van der Waals surface area (Å²) in [6, 6.07) is 10.8. The molecule has 1 amide bonds. The van der Waals surface area contributed by atoms with Crippen LogP contribution in [0.1, 0.15) is 10.6 Å². The molecular formula is C16H11N5O2. The normalized spacial score (nSPS) is 10.8. The predicted octanol–water partition coefficient (Wildman–Crippen LogP) is 2.66. The van der Waals surface area contributed by atoms with Crippen molar-refractivity contribution in [3.8, 4) is 5.82 Å². The van der Waals surface area contributed by atoms with Crippen LogP contribution in [0.2, 0.25) is 0 Å². The van der Waals surface area contributed by atoms with Gasteiger partial charge in [-0.3, -0.25) is 9.36 Å². The average Bonchev–Trinajstić information content (AvgIpc) is 3.24. The van der Waals surface area contributed by atoms with Crippen LogP contribution in [0.15, 0.2) is 65.9 Å². The van der Waals surface area contributed by atoms with E-state index in [2.05, 4.69) is 20.3 Å². The molecule has 3 aromatic heterocycles. The molecule has 7 heteroatoms. The van der Waals surface area contributed by atoms with Crippen molar-refractivity contribution in [2.45, 2.75) is 0 Å². The number of benzene rings is 1. The highest BCUT2D eigenvalue weighted by Gasteiger charge is 2.13. The van der Waals surface area contributed by atoms with Crippen LogP contribution in [0.4, 0.5) is 5.82 Å². The minimum atomic E-state index is -0.364. The topological polar surface area (TPSA) is 85.8 Å². The third kappa shape index (κ3) is 2.55. The number of para-hydroxylation sites is 1. The first-order chi connectivity index (χ1) is 11.3. The van der Waals surface area contributed by atoms with Gasteiger partial charge in [0.1, 0.15) is 29.9 Å². The Labute approximate surface area is 130 Å². The summed E-state index contributed by atoms with van der Waals surface area (Å²) >= 11 is 0. The first-order valence-electron chi connectivity index (χ1n) is 6.90. The zero-order valence-corrected chi connectivity index (χ0v) is 11.9. The molecule has 0 bridgehead atoms. The summed E-state index contributed by atoms with van der Waals surface area (Å²) in [6.45, 7) is 0. The fourth-order valence-electron chi connectivity index (χ4n) is 2.22. The zero-order chi connectivity index (χ0) is 15.6. The summed E-state index contributed by atoms with van der Waals surface area (Å²) < 4.78 is 7.25. The molecule has 0 atom stereocenters. The van der Waals surface area contributed by atoms with Crippen LogP contribution >= 0.6 is 0 Å². The summed E-state index contributed by atoms with van der Waals surface area (Å²) in [5.74, 6) is 0.858. The van der Waals surface area contributed by atoms with E-state index in [4.69, 9.17) is 4.42 Å². The van der Waals surface area contributed by atoms with Gasteiger partial charge in [0.25, 0.3) is 5.91 Å². The average molecular weight is 305 g/mol. The quantitative estimate of drug-likeness (QED) is 0.629. The fourth-order valence-corrected chi connectivity index (χ4v) is 2.22. The summed E-state index contributed by atoms with van der Waals surface area (Å²) in [5, 5.41) is 3.58. The van der Waals surface area contributed by atoms with E-state index in [0.29, 0.717) is 17.2 Å². The van der Waals surface area contributed by atoms with Gasteiger partial charge < -0.3 is 9.73 Å². The molecular weight excluding hydrogens is 294 g/mol. The lowest BCUT2D eigenvalue weighted by Gasteiger charge is -2.04. The highest BCUT2D eigenvalue weighted by atomic mass is 16.3. The molecule has 4 aromatic rings. The number of anilines is 1. The van der Waals surface area contributed by atoms with Gasteiger partial charge in [-0.2, -0.15) is 0 Å². The van der Waals surface area contributed by atoms with Gasteiger partial charge in [0.15, 0.2) is 5.76 Å². The molecule has 0 unspecified atom stereocenters. The maximum absolute atomic E-state index is 12.3. The molecule has 0 radical (unpaired) electrons. The number of imidazole rings is 1. The largest absolute Gasteiger partial charge is 0.451 e. The van der Waals surface area contributed by atoms with Crippen molar-refractivity contribution < 1.29 is 9.21 Å². The second-order valence-electron chi connectivity index (χ2n) is 4.83. The number of nitrogens with one attached hydrogen (secondary N) is 1. The minimum absolute atomic E-state index is 0.231. The van der Waals surface area contributed by atoms with Crippen molar-refractivity contribution in [3.05, 3.63) is 67.2 Å². The Hall–Kier alpha value is -3.48. The highest BCUT2D eigenvalue weighted by Crippen LogP contribution is 2.19. The van der Waals surface area contributed by atoms with Gasteiger partial charge >= 0.3 is 0 Å². The Morgan fingerprint density at radius 2 is 2.09 bits per heavy atom. The molecule has 0 aliphatic heterocycles. The Bertz CT molecular complexity index is 942. The van der Waals surface area contributed by atoms with E-state index in [9.17, 15) is 4.79 Å². The van der Waals surface area contributed by atoms with Gasteiger partial charge in [-0.25, -0.2) is 15.0 Å². The molecule has 1 N–H and O–H groups in total. The lowest BCUT2D eigenvalue weighted by atomic mass is 10.2. The molecule has 3 heterocycles. The molecule has 23 heavy (non-hydrogen) atoms. The Balaban J connectivity index is 1.60. The lowest BCUT2D eigenvalue weighted by Crippen LogP contribution is -2.12. The van der Waals surface area contributed by atoms with Gasteiger partial charge in [0, 0.05) is 23.8 Å². The van der Waals surface area contributed by atoms with Gasteiger partial charge in [0.05, 0.1) is 0 Å². The van der Waals surface area contributed by atoms with Gasteiger partial charge in [-0.15, -0.1) is 0 Å². The summed E-state index contributed by atoms with van der Waals surface area (Å²) in [6.07, 6.45) is 6.40. The van der Waals surface area contributed by atoms with Crippen LogP contribution in [-0.4, -0.2) is 25.4 Å². The number of amides is 1. The minimum Gasteiger partial charge on any atom is -0.451 e. The second-order valence-corrected chi connectivity index (χ2v) is 4.83. The second kappa shape index (κ2) is 5.38. The third-order valence-electron chi connectivity index (χ3n) is 3.31. The highest BCUT2D eigenvalue weighted by molar-refractivity contribution is 6.04. The van der Waals surface area contributed by atoms with Crippen LogP contribution in [0.5, 0.6) is 0 Å². The zero-order valence-electron chi connectivity index (χ0n) is 11.9. The standard InChI is InChI=1S/C16H11N5O2/c22-16(13-7-11-3-1-2-4-12(11)23-13)20-14-8-15(19-9-18-14)21-6-5-17-10-21/h1-10H,(H,18,19,20,22). The monoisotopic (exact) mass is 305 g/mol. The first-order valence-corrected chi connectivity index (χ1v) is 6.90. The van der Waals surface area contributed by atoms with Crippen LogP contribution in [0.3, 0.4) is 0 Å². The number of hydrogen-bond acceptors (Lipinski definition) is 5. The Kier molecular flexibility index (Phi) is 3.09. The molecule has 0 fully saturated rings. The molecule has 0 saturated heterocycles. The van der Waals surface area contributed by atoms with E-state index in [1.807, 2.05) is 24.3 Å². The Morgan fingerprint density at radius 3 is 2.91 bits per heavy atom. The number of rotatable bonds is 3. The molecule has 112 valence electrons. The van der Waals surface area contributed by atoms with Crippen molar-refractivity contribution >= 4 is 22.7 Å². The molecule has 4 rings (SSSR count). The van der Waals surface area contributed by atoms with E-state index in [1.165, 1.54) is 6.33 Å². The SMILES string of the molecule is O=C(Nc1cc(-n2ccnc2)ncn1)c1cc2ccccc2o1. The van der Waals surface area contributed by atoms with Gasteiger partial charge in [-0.05, 0) is 12.1 Å². The fraction of sp³-hybridized carbons (Fsp3) is 0. The number of hydrogen-bond donors (Lipinski definition) is 1. The van der Waals surface area contributed by atoms with Crippen molar-refractivity contribution in [1.29, 1.82) is 0 Å². The maximum atomic E-state index is 12.3. The van der Waals surface area contributed by atoms with E-state index in [-0.39, 0.29) is 11.7 Å². The van der Waals surface area contributed by atoms with Crippen LogP contribution in [-0.2, 0) is 0 Å². The molecule has 0 saturated carbocycles. The lowest BCUT2D eigenvalue weighted by molar-refractivity contribution is 0.0998. The van der Waals surface area contributed by atoms with Gasteiger partial charge in [0.2, 0.25) is 0 Å². The van der Waals surface area contributed by atoms with Crippen molar-refractivity contribution in [2.24, 2.45) is 0 Å². The number of aromatic nitrogens is 4. The van der Waals surface area contributed by atoms with Crippen molar-refractivity contribution in [2.75, 3.05) is 5.32 Å². The van der Waals surface area contributed by atoms with E-state index in [0.717, 1.165) is 5.39 Å². The van der Waals surface area contributed by atoms with Crippen LogP contribution in [0.25, 0.3) is 16.8 Å². The summed E-state index contributed by atoms with van der Waals surface area (Å²) in [5.41, 5.74) is 0.666. The van der Waals surface area contributed by atoms with E-state index in [1.54, 1.807) is 35.4 Å². The van der Waals surface area contributed by atoms with Crippen LogP contribution < -0.4 is 5.32 Å². The molecule has 0 spiro atoms. The molecule has 0 aliphatic rings. The predicted molar refractivity (Wildman–Crippen MR) is 83.3 cm³/mol. The molecule has 7 nitrogen and oxygen atoms in total. The number of carbonyl (C=O) groups excluding carboxylic acids is 1. The number of carbonyl (C=O) groups is 1. The molecule has 0 aliphatic carbocycles.